The summed E-state index contributed by atoms with van der Waals surface area (Å²) in [7, 11) is 0. The first-order valence-electron chi connectivity index (χ1n) is 8.99. The summed E-state index contributed by atoms with van der Waals surface area (Å²) < 4.78 is 6.82. The Morgan fingerprint density at radius 2 is 1.64 bits per heavy atom. The molecule has 0 bridgehead atoms. The summed E-state index contributed by atoms with van der Waals surface area (Å²) in [5, 5.41) is 3.21. The molecule has 0 unspecified atom stereocenters. The first-order valence-corrected chi connectivity index (χ1v) is 9.79. The monoisotopic (exact) mass is 434 g/mol. The molecule has 28 heavy (non-hydrogen) atoms. The molecule has 2 aromatic carbocycles. The van der Waals surface area contributed by atoms with Crippen LogP contribution in [0.25, 0.3) is 0 Å². The van der Waals surface area contributed by atoms with Crippen LogP contribution >= 0.6 is 15.9 Å². The highest BCUT2D eigenvalue weighted by Gasteiger charge is 2.10. The third-order valence-corrected chi connectivity index (χ3v) is 4.62. The van der Waals surface area contributed by atoms with E-state index in [4.69, 9.17) is 4.74 Å². The normalized spacial score (nSPS) is 10.6. The Kier molecular flexibility index (Phi) is 5.68. The van der Waals surface area contributed by atoms with E-state index in [1.54, 1.807) is 6.20 Å². The molecule has 0 radical (unpaired) electrons. The Bertz CT molecular complexity index is 1030. The summed E-state index contributed by atoms with van der Waals surface area (Å²) in [6.45, 7) is 0. The zero-order valence-corrected chi connectivity index (χ0v) is 16.7. The van der Waals surface area contributed by atoms with E-state index in [0.29, 0.717) is 17.5 Å². The van der Waals surface area contributed by atoms with E-state index in [2.05, 4.69) is 60.5 Å². The van der Waals surface area contributed by atoms with Crippen molar-refractivity contribution in [3.63, 3.8) is 0 Å². The van der Waals surface area contributed by atoms with Crippen LogP contribution in [0.2, 0.25) is 0 Å². The average Bonchev–Trinajstić information content (AvgIpc) is 3.17. The van der Waals surface area contributed by atoms with Gasteiger partial charge in [-0.2, -0.15) is 0 Å². The number of aromatic nitrogens is 3. The van der Waals surface area contributed by atoms with E-state index >= 15 is 0 Å². The lowest BCUT2D eigenvalue weighted by atomic mass is 10.1. The quantitative estimate of drug-likeness (QED) is 0.380. The van der Waals surface area contributed by atoms with E-state index in [-0.39, 0.29) is 0 Å². The first kappa shape index (κ1) is 18.3. The summed E-state index contributed by atoms with van der Waals surface area (Å²) in [5.41, 5.74) is 2.37. The molecule has 0 amide bonds. The van der Waals surface area contributed by atoms with Gasteiger partial charge < -0.3 is 15.0 Å². The van der Waals surface area contributed by atoms with Gasteiger partial charge in [0.25, 0.3) is 0 Å². The molecule has 4 aromatic rings. The van der Waals surface area contributed by atoms with Gasteiger partial charge in [-0.15, -0.1) is 0 Å². The standard InChI is InChI=1S/C22H19BrN4O/c23-17-13-20(28-19-9-5-2-6-10-19)21(24-14-17)27-22-25-15-18(26-22)12-11-16-7-3-1-4-8-16/h1-10,13-15H,11-12H2,(H2,24,25,26,27). The molecule has 0 aliphatic heterocycles. The van der Waals surface area contributed by atoms with Gasteiger partial charge >= 0.3 is 0 Å². The number of para-hydroxylation sites is 1. The third-order valence-electron chi connectivity index (χ3n) is 4.18. The zero-order valence-electron chi connectivity index (χ0n) is 15.1. The van der Waals surface area contributed by atoms with Crippen LogP contribution in [-0.4, -0.2) is 15.0 Å². The molecule has 2 aromatic heterocycles. The third kappa shape index (κ3) is 4.78. The van der Waals surface area contributed by atoms with E-state index in [9.17, 15) is 0 Å². The molecule has 0 aliphatic carbocycles. The van der Waals surface area contributed by atoms with Crippen molar-refractivity contribution in [3.8, 4) is 11.5 Å². The number of anilines is 2. The number of hydrogen-bond acceptors (Lipinski definition) is 4. The smallest absolute Gasteiger partial charge is 0.206 e. The topological polar surface area (TPSA) is 62.8 Å². The summed E-state index contributed by atoms with van der Waals surface area (Å²) in [5.74, 6) is 2.59. The molecule has 2 heterocycles. The molecule has 140 valence electrons. The molecule has 0 spiro atoms. The summed E-state index contributed by atoms with van der Waals surface area (Å²) in [6, 6.07) is 21.9. The fourth-order valence-corrected chi connectivity index (χ4v) is 3.10. The van der Waals surface area contributed by atoms with Crippen LogP contribution in [0.1, 0.15) is 11.3 Å². The minimum absolute atomic E-state index is 0.594. The Balaban J connectivity index is 1.46. The Hall–Kier alpha value is -3.12. The highest BCUT2D eigenvalue weighted by Crippen LogP contribution is 2.31. The van der Waals surface area contributed by atoms with Crippen LogP contribution in [0.3, 0.4) is 0 Å². The summed E-state index contributed by atoms with van der Waals surface area (Å²) in [4.78, 5) is 12.2. The number of halogens is 1. The van der Waals surface area contributed by atoms with Gasteiger partial charge in [-0.3, -0.25) is 0 Å². The molecule has 0 atom stereocenters. The van der Waals surface area contributed by atoms with Crippen LogP contribution < -0.4 is 10.1 Å². The Labute approximate surface area is 172 Å². The van der Waals surface area contributed by atoms with Crippen molar-refractivity contribution in [2.24, 2.45) is 0 Å². The number of pyridine rings is 1. The summed E-state index contributed by atoms with van der Waals surface area (Å²) in [6.07, 6.45) is 5.42. The van der Waals surface area contributed by atoms with Crippen LogP contribution in [0, 0.1) is 0 Å². The molecule has 6 heteroatoms. The number of benzene rings is 2. The number of rotatable bonds is 7. The number of ether oxygens (including phenoxy) is 1. The van der Waals surface area contributed by atoms with Gasteiger partial charge in [0.2, 0.25) is 5.95 Å². The van der Waals surface area contributed by atoms with Gasteiger partial charge in [-0.25, -0.2) is 9.97 Å². The molecule has 2 N–H and O–H groups in total. The maximum absolute atomic E-state index is 5.98. The number of imidazole rings is 1. The average molecular weight is 435 g/mol. The maximum Gasteiger partial charge on any atom is 0.206 e. The number of H-pyrrole nitrogens is 1. The van der Waals surface area contributed by atoms with Gasteiger partial charge in [-0.05, 0) is 46.5 Å². The fraction of sp³-hybridized carbons (Fsp3) is 0.0909. The largest absolute Gasteiger partial charge is 0.453 e. The van der Waals surface area contributed by atoms with Crippen LogP contribution in [0.15, 0.2) is 83.6 Å². The van der Waals surface area contributed by atoms with Gasteiger partial charge in [-0.1, -0.05) is 48.5 Å². The molecular formula is C22H19BrN4O. The predicted molar refractivity (Wildman–Crippen MR) is 114 cm³/mol. The molecule has 0 fully saturated rings. The van der Waals surface area contributed by atoms with E-state index in [0.717, 1.165) is 28.8 Å². The van der Waals surface area contributed by atoms with Crippen LogP contribution in [-0.2, 0) is 12.8 Å². The number of aromatic amines is 1. The van der Waals surface area contributed by atoms with Crippen molar-refractivity contribution < 1.29 is 4.74 Å². The van der Waals surface area contributed by atoms with Gasteiger partial charge in [0.15, 0.2) is 11.6 Å². The SMILES string of the molecule is Brc1cnc(Nc2ncc(CCc3ccccc3)[nH]2)c(Oc2ccccc2)c1. The van der Waals surface area contributed by atoms with E-state index < -0.39 is 0 Å². The maximum atomic E-state index is 5.98. The Morgan fingerprint density at radius 1 is 0.893 bits per heavy atom. The lowest BCUT2D eigenvalue weighted by Gasteiger charge is -2.11. The zero-order chi connectivity index (χ0) is 19.2. The second-order valence-electron chi connectivity index (χ2n) is 6.28. The lowest BCUT2D eigenvalue weighted by molar-refractivity contribution is 0.482. The minimum Gasteiger partial charge on any atom is -0.453 e. The highest BCUT2D eigenvalue weighted by atomic mass is 79.9. The number of nitrogens with one attached hydrogen (secondary N) is 2. The number of nitrogens with zero attached hydrogens (tertiary/aromatic N) is 2. The second kappa shape index (κ2) is 8.71. The van der Waals surface area contributed by atoms with Crippen molar-refractivity contribution in [3.05, 3.63) is 94.9 Å². The van der Waals surface area contributed by atoms with Crippen molar-refractivity contribution in [1.82, 2.24) is 15.0 Å². The van der Waals surface area contributed by atoms with Crippen molar-refractivity contribution >= 4 is 27.7 Å². The lowest BCUT2D eigenvalue weighted by Crippen LogP contribution is -1.99. The Morgan fingerprint density at radius 3 is 2.43 bits per heavy atom. The molecule has 0 saturated heterocycles. The summed E-state index contributed by atoms with van der Waals surface area (Å²) >= 11 is 3.45. The van der Waals surface area contributed by atoms with E-state index in [1.807, 2.05) is 48.7 Å². The second-order valence-corrected chi connectivity index (χ2v) is 7.20. The van der Waals surface area contributed by atoms with Gasteiger partial charge in [0.1, 0.15) is 5.75 Å². The molecule has 5 nitrogen and oxygen atoms in total. The number of hydrogen-bond donors (Lipinski definition) is 2. The van der Waals surface area contributed by atoms with E-state index in [1.165, 1.54) is 5.56 Å². The predicted octanol–water partition coefficient (Wildman–Crippen LogP) is 5.89. The van der Waals surface area contributed by atoms with Crippen LogP contribution in [0.5, 0.6) is 11.5 Å². The minimum atomic E-state index is 0.594. The van der Waals surface area contributed by atoms with Gasteiger partial charge in [0, 0.05) is 22.4 Å². The molecule has 0 saturated carbocycles. The fourth-order valence-electron chi connectivity index (χ4n) is 2.79. The van der Waals surface area contributed by atoms with Crippen LogP contribution in [0.4, 0.5) is 11.8 Å². The van der Waals surface area contributed by atoms with Crippen molar-refractivity contribution in [1.29, 1.82) is 0 Å². The highest BCUT2D eigenvalue weighted by molar-refractivity contribution is 9.10. The first-order chi connectivity index (χ1) is 13.8. The molecule has 0 aliphatic rings. The van der Waals surface area contributed by atoms with Gasteiger partial charge in [0.05, 0.1) is 6.20 Å². The molecule has 4 rings (SSSR count). The number of aryl methyl sites for hydroxylation is 2. The molecular weight excluding hydrogens is 416 g/mol. The van der Waals surface area contributed by atoms with Crippen molar-refractivity contribution in [2.45, 2.75) is 12.8 Å². The van der Waals surface area contributed by atoms with Crippen molar-refractivity contribution in [2.75, 3.05) is 5.32 Å².